The molecule has 0 unspecified atom stereocenters. The molecule has 0 aliphatic heterocycles. The zero-order valence-corrected chi connectivity index (χ0v) is 9.21. The van der Waals surface area contributed by atoms with Gasteiger partial charge in [-0.25, -0.2) is 8.42 Å². The second kappa shape index (κ2) is 5.77. The number of hydrogen-bond acceptors (Lipinski definition) is 4. The Morgan fingerprint density at radius 2 is 2.14 bits per heavy atom. The Kier molecular flexibility index (Phi) is 5.40. The van der Waals surface area contributed by atoms with Crippen molar-refractivity contribution in [3.63, 3.8) is 0 Å². The minimum atomic E-state index is -3.38. The summed E-state index contributed by atoms with van der Waals surface area (Å²) in [4.78, 5) is 11.0. The van der Waals surface area contributed by atoms with E-state index in [4.69, 9.17) is 0 Å². The standard InChI is InChI=1S/C8H15NO4S/c1-4-6-9(14(3,11)12)7-8(10)13-5-2/h4H,1,5-7H2,2-3H3. The van der Waals surface area contributed by atoms with Crippen molar-refractivity contribution in [3.05, 3.63) is 12.7 Å². The van der Waals surface area contributed by atoms with Crippen LogP contribution in [0.15, 0.2) is 12.7 Å². The highest BCUT2D eigenvalue weighted by Gasteiger charge is 2.18. The van der Waals surface area contributed by atoms with E-state index in [0.29, 0.717) is 0 Å². The van der Waals surface area contributed by atoms with Crippen molar-refractivity contribution in [1.82, 2.24) is 4.31 Å². The normalized spacial score (nSPS) is 11.4. The van der Waals surface area contributed by atoms with Gasteiger partial charge in [0.15, 0.2) is 0 Å². The molecule has 0 saturated heterocycles. The average molecular weight is 221 g/mol. The maximum Gasteiger partial charge on any atom is 0.321 e. The minimum Gasteiger partial charge on any atom is -0.465 e. The molecular weight excluding hydrogens is 206 g/mol. The molecule has 14 heavy (non-hydrogen) atoms. The highest BCUT2D eigenvalue weighted by Crippen LogP contribution is 1.98. The molecule has 0 radical (unpaired) electrons. The number of rotatable bonds is 6. The van der Waals surface area contributed by atoms with Crippen LogP contribution in [0.2, 0.25) is 0 Å². The van der Waals surface area contributed by atoms with Gasteiger partial charge in [0.1, 0.15) is 6.54 Å². The van der Waals surface area contributed by atoms with Gasteiger partial charge in [0.25, 0.3) is 0 Å². The third kappa shape index (κ3) is 4.98. The van der Waals surface area contributed by atoms with Gasteiger partial charge in [0.05, 0.1) is 12.9 Å². The van der Waals surface area contributed by atoms with Crippen molar-refractivity contribution in [2.45, 2.75) is 6.92 Å². The Balaban J connectivity index is 4.38. The summed E-state index contributed by atoms with van der Waals surface area (Å²) in [5.74, 6) is -0.556. The van der Waals surface area contributed by atoms with E-state index in [0.717, 1.165) is 10.6 Å². The molecule has 6 heteroatoms. The van der Waals surface area contributed by atoms with Gasteiger partial charge in [0, 0.05) is 6.54 Å². The first-order chi connectivity index (χ1) is 6.41. The Morgan fingerprint density at radius 1 is 1.57 bits per heavy atom. The number of esters is 1. The van der Waals surface area contributed by atoms with Gasteiger partial charge in [-0.1, -0.05) is 6.08 Å². The predicted octanol–water partition coefficient (Wildman–Crippen LogP) is -0.00290. The van der Waals surface area contributed by atoms with Crippen LogP contribution in [0.25, 0.3) is 0 Å². The van der Waals surface area contributed by atoms with Crippen LogP contribution < -0.4 is 0 Å². The molecule has 0 saturated carbocycles. The van der Waals surface area contributed by atoms with Gasteiger partial charge in [0.2, 0.25) is 10.0 Å². The molecule has 0 aromatic rings. The van der Waals surface area contributed by atoms with Crippen molar-refractivity contribution >= 4 is 16.0 Å². The van der Waals surface area contributed by atoms with Crippen molar-refractivity contribution in [2.75, 3.05) is 26.0 Å². The van der Waals surface area contributed by atoms with Gasteiger partial charge < -0.3 is 4.74 Å². The van der Waals surface area contributed by atoms with E-state index in [9.17, 15) is 13.2 Å². The first kappa shape index (κ1) is 13.1. The van der Waals surface area contributed by atoms with Crippen LogP contribution in [0, 0.1) is 0 Å². The summed E-state index contributed by atoms with van der Waals surface area (Å²) in [6.07, 6.45) is 2.45. The summed E-state index contributed by atoms with van der Waals surface area (Å²) in [6, 6.07) is 0. The fourth-order valence-electron chi connectivity index (χ4n) is 0.812. The van der Waals surface area contributed by atoms with Gasteiger partial charge in [-0.3, -0.25) is 4.79 Å². The van der Waals surface area contributed by atoms with Gasteiger partial charge in [-0.15, -0.1) is 6.58 Å². The van der Waals surface area contributed by atoms with Gasteiger partial charge in [-0.05, 0) is 6.92 Å². The Hall–Kier alpha value is -0.880. The molecule has 0 aliphatic carbocycles. The largest absolute Gasteiger partial charge is 0.465 e. The topological polar surface area (TPSA) is 63.7 Å². The molecule has 0 rings (SSSR count). The Bertz CT molecular complexity index is 296. The smallest absolute Gasteiger partial charge is 0.321 e. The van der Waals surface area contributed by atoms with E-state index in [1.807, 2.05) is 0 Å². The van der Waals surface area contributed by atoms with Gasteiger partial charge in [-0.2, -0.15) is 4.31 Å². The van der Waals surface area contributed by atoms with Crippen LogP contribution >= 0.6 is 0 Å². The minimum absolute atomic E-state index is 0.109. The average Bonchev–Trinajstić information content (AvgIpc) is 2.02. The Labute approximate surface area is 84.4 Å². The van der Waals surface area contributed by atoms with Crippen molar-refractivity contribution in [3.8, 4) is 0 Å². The molecule has 0 fully saturated rings. The molecule has 5 nitrogen and oxygen atoms in total. The fraction of sp³-hybridized carbons (Fsp3) is 0.625. The molecule has 0 aromatic heterocycles. The Morgan fingerprint density at radius 3 is 2.50 bits per heavy atom. The molecule has 0 atom stereocenters. The SMILES string of the molecule is C=CCN(CC(=O)OCC)S(C)(=O)=O. The van der Waals surface area contributed by atoms with Gasteiger partial charge >= 0.3 is 5.97 Å². The van der Waals surface area contributed by atoms with E-state index in [-0.39, 0.29) is 19.7 Å². The van der Waals surface area contributed by atoms with E-state index < -0.39 is 16.0 Å². The number of sulfonamides is 1. The van der Waals surface area contributed by atoms with Crippen LogP contribution in [-0.4, -0.2) is 44.6 Å². The first-order valence-corrected chi connectivity index (χ1v) is 5.98. The second-order valence-electron chi connectivity index (χ2n) is 2.65. The summed E-state index contributed by atoms with van der Waals surface area (Å²) in [6.45, 7) is 5.16. The van der Waals surface area contributed by atoms with E-state index in [1.54, 1.807) is 6.92 Å². The zero-order chi connectivity index (χ0) is 11.2. The molecular formula is C8H15NO4S. The van der Waals surface area contributed by atoms with E-state index in [2.05, 4.69) is 11.3 Å². The lowest BCUT2D eigenvalue weighted by Gasteiger charge is -2.16. The molecule has 0 amide bonds. The van der Waals surface area contributed by atoms with Crippen LogP contribution in [0.3, 0.4) is 0 Å². The second-order valence-corrected chi connectivity index (χ2v) is 4.63. The molecule has 0 N–H and O–H groups in total. The van der Waals surface area contributed by atoms with Crippen LogP contribution in [0.1, 0.15) is 6.92 Å². The number of ether oxygens (including phenoxy) is 1. The number of nitrogens with zero attached hydrogens (tertiary/aromatic N) is 1. The predicted molar refractivity (Wildman–Crippen MR) is 53.2 cm³/mol. The third-order valence-electron chi connectivity index (χ3n) is 1.41. The zero-order valence-electron chi connectivity index (χ0n) is 8.39. The summed E-state index contributed by atoms with van der Waals surface area (Å²) in [5.41, 5.74) is 0. The molecule has 0 bridgehead atoms. The number of carbonyl (C=O) groups is 1. The molecule has 0 heterocycles. The number of carbonyl (C=O) groups excluding carboxylic acids is 1. The van der Waals surface area contributed by atoms with Crippen molar-refractivity contribution < 1.29 is 17.9 Å². The summed E-state index contributed by atoms with van der Waals surface area (Å²) in [5, 5.41) is 0. The first-order valence-electron chi connectivity index (χ1n) is 4.13. The monoisotopic (exact) mass is 221 g/mol. The third-order valence-corrected chi connectivity index (χ3v) is 2.63. The van der Waals surface area contributed by atoms with Crippen LogP contribution in [0.5, 0.6) is 0 Å². The highest BCUT2D eigenvalue weighted by molar-refractivity contribution is 7.88. The van der Waals surface area contributed by atoms with Crippen LogP contribution in [0.4, 0.5) is 0 Å². The number of hydrogen-bond donors (Lipinski definition) is 0. The molecule has 82 valence electrons. The van der Waals surface area contributed by atoms with E-state index >= 15 is 0 Å². The lowest BCUT2D eigenvalue weighted by atomic mass is 10.5. The molecule has 0 aromatic carbocycles. The van der Waals surface area contributed by atoms with E-state index in [1.165, 1.54) is 6.08 Å². The quantitative estimate of drug-likeness (QED) is 0.468. The molecule has 0 spiro atoms. The fourth-order valence-corrected chi connectivity index (χ4v) is 1.53. The molecule has 0 aliphatic rings. The maximum absolute atomic E-state index is 11.1. The summed E-state index contributed by atoms with van der Waals surface area (Å²) < 4.78 is 27.9. The summed E-state index contributed by atoms with van der Waals surface area (Å²) in [7, 11) is -3.38. The lowest BCUT2D eigenvalue weighted by molar-refractivity contribution is -0.143. The van der Waals surface area contributed by atoms with Crippen molar-refractivity contribution in [2.24, 2.45) is 0 Å². The van der Waals surface area contributed by atoms with Crippen molar-refractivity contribution in [1.29, 1.82) is 0 Å². The van der Waals surface area contributed by atoms with Crippen LogP contribution in [-0.2, 0) is 19.6 Å². The maximum atomic E-state index is 11.1. The highest BCUT2D eigenvalue weighted by atomic mass is 32.2. The lowest BCUT2D eigenvalue weighted by Crippen LogP contribution is -2.35. The summed E-state index contributed by atoms with van der Waals surface area (Å²) >= 11 is 0.